The Labute approximate surface area is 246 Å². The third kappa shape index (κ3) is 4.17. The molecule has 0 bridgehead atoms. The first-order chi connectivity index (χ1) is 19.9. The molecule has 0 saturated heterocycles. The fourth-order valence-electron chi connectivity index (χ4n) is 7.54. The molecule has 1 atom stereocenters. The molecule has 3 heterocycles. The van der Waals surface area contributed by atoms with Crippen LogP contribution >= 0.6 is 0 Å². The first-order valence-electron chi connectivity index (χ1n) is 14.8. The van der Waals surface area contributed by atoms with Gasteiger partial charge < -0.3 is 19.5 Å². The Morgan fingerprint density at radius 3 is 2.40 bits per heavy atom. The van der Waals surface area contributed by atoms with Crippen LogP contribution in [0.2, 0.25) is 0 Å². The lowest BCUT2D eigenvalue weighted by Gasteiger charge is -2.55. The molecular weight excluding hydrogens is 532 g/mol. The molecule has 1 amide bonds. The van der Waals surface area contributed by atoms with Gasteiger partial charge in [0.1, 0.15) is 17.3 Å². The molecule has 220 valence electrons. The molecule has 2 aliphatic carbocycles. The van der Waals surface area contributed by atoms with Gasteiger partial charge in [-0.05, 0) is 74.8 Å². The van der Waals surface area contributed by atoms with E-state index < -0.39 is 11.9 Å². The molecule has 2 aliphatic heterocycles. The van der Waals surface area contributed by atoms with Gasteiger partial charge in [0.25, 0.3) is 5.91 Å². The third-order valence-corrected chi connectivity index (χ3v) is 9.70. The number of carbonyl (C=O) groups is 3. The van der Waals surface area contributed by atoms with Gasteiger partial charge in [-0.3, -0.25) is 9.59 Å². The van der Waals surface area contributed by atoms with Crippen molar-refractivity contribution in [2.75, 3.05) is 13.7 Å². The second kappa shape index (κ2) is 9.82. The molecule has 1 saturated carbocycles. The Balaban J connectivity index is 1.61. The molecule has 6 rings (SSSR count). The Morgan fingerprint density at radius 1 is 1.07 bits per heavy atom. The average molecular weight is 571 g/mol. The molecule has 1 fully saturated rings. The first-order valence-corrected chi connectivity index (χ1v) is 14.8. The van der Waals surface area contributed by atoms with Crippen LogP contribution < -0.4 is 4.74 Å². The van der Waals surface area contributed by atoms with Crippen LogP contribution in [-0.4, -0.2) is 51.8 Å². The molecule has 1 aromatic heterocycles. The van der Waals surface area contributed by atoms with Crippen molar-refractivity contribution in [1.82, 2.24) is 9.88 Å². The molecule has 0 unspecified atom stereocenters. The minimum absolute atomic E-state index is 0.0122. The largest absolute Gasteiger partial charge is 0.496 e. The van der Waals surface area contributed by atoms with Gasteiger partial charge in [-0.2, -0.15) is 0 Å². The second-order valence-electron chi connectivity index (χ2n) is 13.0. The number of methoxy groups -OCH3 is 1. The highest BCUT2D eigenvalue weighted by Gasteiger charge is 2.55. The van der Waals surface area contributed by atoms with E-state index in [0.29, 0.717) is 65.5 Å². The summed E-state index contributed by atoms with van der Waals surface area (Å²) in [7, 11) is 1.59. The number of carbonyl (C=O) groups excluding carboxylic acids is 2. The Kier molecular flexibility index (Phi) is 6.59. The minimum Gasteiger partial charge on any atom is -0.496 e. The summed E-state index contributed by atoms with van der Waals surface area (Å²) in [4.78, 5) is 46.8. The number of aromatic nitrogens is 1. The van der Waals surface area contributed by atoms with E-state index in [1.807, 2.05) is 30.9 Å². The normalized spacial score (nSPS) is 22.4. The maximum Gasteiger partial charge on any atom is 0.354 e. The fourth-order valence-corrected chi connectivity index (χ4v) is 7.54. The van der Waals surface area contributed by atoms with Crippen molar-refractivity contribution >= 4 is 17.7 Å². The molecule has 42 heavy (non-hydrogen) atoms. The van der Waals surface area contributed by atoms with Gasteiger partial charge in [0.05, 0.1) is 29.8 Å². The summed E-state index contributed by atoms with van der Waals surface area (Å²) in [6.45, 7) is 10.4. The highest BCUT2D eigenvalue weighted by molar-refractivity contribution is 6.06. The van der Waals surface area contributed by atoms with Gasteiger partial charge in [-0.25, -0.2) is 9.78 Å². The van der Waals surface area contributed by atoms with Crippen molar-refractivity contribution in [3.05, 3.63) is 69.3 Å². The van der Waals surface area contributed by atoms with Crippen LogP contribution in [0.3, 0.4) is 0 Å². The fraction of sp³-hybridized carbons (Fsp3) is 0.471. The molecule has 0 radical (unpaired) electrons. The SMILES string of the molecule is CCN1C(=O)C2=C(CC13CCC3)OC1=C(C(=O)CC(C)(C)C1)[C@@H]2c1c(OC)ccc(-c2ccc(C)c(C(=O)O)n2)c1C. The number of pyridine rings is 1. The summed E-state index contributed by atoms with van der Waals surface area (Å²) in [6.07, 6.45) is 4.54. The number of carboxylic acid groups (broad SMARTS) is 1. The summed E-state index contributed by atoms with van der Waals surface area (Å²) < 4.78 is 12.5. The van der Waals surface area contributed by atoms with Crippen LogP contribution in [0.1, 0.15) is 92.4 Å². The topological polar surface area (TPSA) is 106 Å². The van der Waals surface area contributed by atoms with Crippen LogP contribution in [0.5, 0.6) is 5.75 Å². The molecule has 8 heteroatoms. The molecule has 8 nitrogen and oxygen atoms in total. The number of amides is 1. The summed E-state index contributed by atoms with van der Waals surface area (Å²) in [5.41, 5.74) is 3.84. The Bertz CT molecular complexity index is 1610. The summed E-state index contributed by atoms with van der Waals surface area (Å²) in [6, 6.07) is 7.24. The number of hydrogen-bond donors (Lipinski definition) is 1. The predicted molar refractivity (Wildman–Crippen MR) is 157 cm³/mol. The van der Waals surface area contributed by atoms with E-state index in [1.165, 1.54) is 0 Å². The van der Waals surface area contributed by atoms with Crippen LogP contribution in [0.4, 0.5) is 0 Å². The Hall–Kier alpha value is -3.94. The van der Waals surface area contributed by atoms with E-state index in [-0.39, 0.29) is 28.3 Å². The zero-order valence-corrected chi connectivity index (χ0v) is 25.2. The third-order valence-electron chi connectivity index (χ3n) is 9.70. The van der Waals surface area contributed by atoms with E-state index in [9.17, 15) is 19.5 Å². The highest BCUT2D eigenvalue weighted by Crippen LogP contribution is 2.57. The van der Waals surface area contributed by atoms with Crippen LogP contribution in [0.15, 0.2) is 46.9 Å². The van der Waals surface area contributed by atoms with E-state index in [0.717, 1.165) is 36.0 Å². The van der Waals surface area contributed by atoms with Gasteiger partial charge in [0.15, 0.2) is 11.5 Å². The molecule has 1 N–H and O–H groups in total. The number of ether oxygens (including phenoxy) is 2. The van der Waals surface area contributed by atoms with Gasteiger partial charge >= 0.3 is 5.97 Å². The number of rotatable bonds is 5. The zero-order valence-electron chi connectivity index (χ0n) is 25.2. The van der Waals surface area contributed by atoms with Gasteiger partial charge in [0.2, 0.25) is 0 Å². The number of carboxylic acids is 1. The van der Waals surface area contributed by atoms with E-state index in [1.54, 1.807) is 26.2 Å². The average Bonchev–Trinajstić information content (AvgIpc) is 2.90. The van der Waals surface area contributed by atoms with Gasteiger partial charge in [-0.1, -0.05) is 19.9 Å². The van der Waals surface area contributed by atoms with Gasteiger partial charge in [-0.15, -0.1) is 0 Å². The van der Waals surface area contributed by atoms with E-state index in [2.05, 4.69) is 18.8 Å². The molecule has 1 spiro atoms. The second-order valence-corrected chi connectivity index (χ2v) is 13.0. The number of benzene rings is 1. The van der Waals surface area contributed by atoms with Crippen molar-refractivity contribution < 1.29 is 29.0 Å². The Morgan fingerprint density at radius 2 is 1.79 bits per heavy atom. The molecule has 4 aliphatic rings. The number of Topliss-reactive ketones (excluding diaryl/α,β-unsaturated/α-hetero) is 1. The monoisotopic (exact) mass is 570 g/mol. The maximum atomic E-state index is 14.5. The van der Waals surface area contributed by atoms with Gasteiger partial charge in [0, 0.05) is 42.5 Å². The number of ketones is 1. The van der Waals surface area contributed by atoms with E-state index in [4.69, 9.17) is 9.47 Å². The molecule has 1 aromatic carbocycles. The summed E-state index contributed by atoms with van der Waals surface area (Å²) >= 11 is 0. The molecular formula is C34H38N2O6. The standard InChI is InChI=1S/C34H38N2O6/c1-7-36-31(38)28-25(17-34(36)13-8-14-34)42-24-16-33(4,5)15-22(37)27(24)29(28)26-19(3)20(10-12-23(26)41-6)21-11-9-18(2)30(35-21)32(39)40/h9-12,29H,7-8,13-17H2,1-6H3,(H,39,40)/t29-/m0/s1. The predicted octanol–water partition coefficient (Wildman–Crippen LogP) is 6.26. The van der Waals surface area contributed by atoms with Crippen molar-refractivity contribution in [2.24, 2.45) is 5.41 Å². The quantitative estimate of drug-likeness (QED) is 0.452. The number of nitrogens with zero attached hydrogens (tertiary/aromatic N) is 2. The van der Waals surface area contributed by atoms with Crippen molar-refractivity contribution in [1.29, 1.82) is 0 Å². The lowest BCUT2D eigenvalue weighted by Crippen LogP contribution is -2.60. The maximum absolute atomic E-state index is 14.5. The first kappa shape index (κ1) is 28.2. The summed E-state index contributed by atoms with van der Waals surface area (Å²) in [5.74, 6) is 0.0259. The smallest absolute Gasteiger partial charge is 0.354 e. The van der Waals surface area contributed by atoms with Crippen LogP contribution in [0, 0.1) is 19.3 Å². The minimum atomic E-state index is -1.09. The molecule has 2 aromatic rings. The number of aromatic carboxylic acids is 1. The van der Waals surface area contributed by atoms with E-state index >= 15 is 0 Å². The van der Waals surface area contributed by atoms with Crippen molar-refractivity contribution in [3.8, 4) is 17.0 Å². The zero-order chi connectivity index (χ0) is 30.1. The van der Waals surface area contributed by atoms with Crippen molar-refractivity contribution in [2.45, 2.75) is 84.6 Å². The number of hydrogen-bond acceptors (Lipinski definition) is 6. The van der Waals surface area contributed by atoms with Crippen molar-refractivity contribution in [3.63, 3.8) is 0 Å². The highest BCUT2D eigenvalue weighted by atomic mass is 16.5. The number of aryl methyl sites for hydroxylation is 1. The number of likely N-dealkylation sites (N-methyl/N-ethyl adjacent to an activating group) is 1. The number of allylic oxidation sites excluding steroid dienone is 2. The van der Waals surface area contributed by atoms with Crippen LogP contribution in [-0.2, 0) is 14.3 Å². The lowest BCUT2D eigenvalue weighted by molar-refractivity contribution is -0.141. The van der Waals surface area contributed by atoms with Crippen LogP contribution in [0.25, 0.3) is 11.3 Å². The summed E-state index contributed by atoms with van der Waals surface area (Å²) in [5, 5.41) is 9.73. The lowest BCUT2D eigenvalue weighted by atomic mass is 9.64.